The van der Waals surface area contributed by atoms with E-state index in [1.165, 1.54) is 6.20 Å². The van der Waals surface area contributed by atoms with Crippen molar-refractivity contribution in [3.05, 3.63) is 29.4 Å². The van der Waals surface area contributed by atoms with Gasteiger partial charge >= 0.3 is 6.08 Å². The number of halogens is 2. The molecule has 0 fully saturated rings. The molecule has 0 saturated heterocycles. The van der Waals surface area contributed by atoms with E-state index in [1.807, 2.05) is 19.1 Å². The van der Waals surface area contributed by atoms with Crippen molar-refractivity contribution in [1.82, 2.24) is 9.97 Å². The first-order chi connectivity index (χ1) is 6.74. The SMILES string of the molecule is CC/C=C/CNc1nc(F)ncc1Cl. The van der Waals surface area contributed by atoms with Gasteiger partial charge in [0.25, 0.3) is 0 Å². The second-order valence-corrected chi connectivity index (χ2v) is 3.00. The average molecular weight is 216 g/mol. The lowest BCUT2D eigenvalue weighted by molar-refractivity contribution is 0.540. The van der Waals surface area contributed by atoms with Crippen LogP contribution in [0.2, 0.25) is 5.02 Å². The number of anilines is 1. The van der Waals surface area contributed by atoms with Gasteiger partial charge in [0.1, 0.15) is 5.02 Å². The van der Waals surface area contributed by atoms with Crippen LogP contribution in [0.15, 0.2) is 18.3 Å². The monoisotopic (exact) mass is 215 g/mol. The van der Waals surface area contributed by atoms with Crippen molar-refractivity contribution in [1.29, 1.82) is 0 Å². The van der Waals surface area contributed by atoms with E-state index < -0.39 is 6.08 Å². The number of rotatable bonds is 4. The lowest BCUT2D eigenvalue weighted by Crippen LogP contribution is -2.03. The molecule has 0 aliphatic carbocycles. The van der Waals surface area contributed by atoms with Gasteiger partial charge in [0.15, 0.2) is 5.82 Å². The summed E-state index contributed by atoms with van der Waals surface area (Å²) in [5, 5.41) is 3.19. The summed E-state index contributed by atoms with van der Waals surface area (Å²) in [5.41, 5.74) is 0. The molecule has 0 atom stereocenters. The lowest BCUT2D eigenvalue weighted by Gasteiger charge is -2.03. The Balaban J connectivity index is 2.57. The standard InChI is InChI=1S/C9H11ClFN3/c1-2-3-4-5-12-8-7(10)6-13-9(11)14-8/h3-4,6H,2,5H2,1H3,(H,12,13,14)/b4-3+. The van der Waals surface area contributed by atoms with E-state index in [1.54, 1.807) is 0 Å². The first kappa shape index (κ1) is 10.9. The first-order valence-corrected chi connectivity index (χ1v) is 4.68. The van der Waals surface area contributed by atoms with Gasteiger partial charge in [0, 0.05) is 6.54 Å². The zero-order chi connectivity index (χ0) is 10.4. The molecule has 0 aliphatic heterocycles. The van der Waals surface area contributed by atoms with E-state index in [0.29, 0.717) is 17.4 Å². The number of nitrogens with one attached hydrogen (secondary N) is 1. The summed E-state index contributed by atoms with van der Waals surface area (Å²) in [7, 11) is 0. The fourth-order valence-corrected chi connectivity index (χ4v) is 1.03. The van der Waals surface area contributed by atoms with Gasteiger partial charge < -0.3 is 5.32 Å². The van der Waals surface area contributed by atoms with Crippen molar-refractivity contribution in [3.8, 4) is 0 Å². The third-order valence-electron chi connectivity index (χ3n) is 1.50. The fourth-order valence-electron chi connectivity index (χ4n) is 0.875. The van der Waals surface area contributed by atoms with Crippen LogP contribution in [0.1, 0.15) is 13.3 Å². The largest absolute Gasteiger partial charge is 0.365 e. The van der Waals surface area contributed by atoms with Gasteiger partial charge in [0.05, 0.1) is 6.20 Å². The molecule has 1 heterocycles. The zero-order valence-electron chi connectivity index (χ0n) is 7.80. The molecule has 5 heteroatoms. The van der Waals surface area contributed by atoms with Crippen molar-refractivity contribution >= 4 is 17.4 Å². The van der Waals surface area contributed by atoms with Crippen LogP contribution in [0.5, 0.6) is 0 Å². The molecule has 14 heavy (non-hydrogen) atoms. The molecule has 0 spiro atoms. The fraction of sp³-hybridized carbons (Fsp3) is 0.333. The van der Waals surface area contributed by atoms with Gasteiger partial charge in [0.2, 0.25) is 0 Å². The van der Waals surface area contributed by atoms with Crippen LogP contribution >= 0.6 is 11.6 Å². The second kappa shape index (κ2) is 5.54. The van der Waals surface area contributed by atoms with Crippen LogP contribution in [-0.4, -0.2) is 16.5 Å². The highest BCUT2D eigenvalue weighted by atomic mass is 35.5. The highest BCUT2D eigenvalue weighted by Gasteiger charge is 2.02. The molecule has 1 rings (SSSR count). The molecular weight excluding hydrogens is 205 g/mol. The van der Waals surface area contributed by atoms with Crippen LogP contribution < -0.4 is 5.32 Å². The number of hydrogen-bond donors (Lipinski definition) is 1. The maximum absolute atomic E-state index is 12.6. The summed E-state index contributed by atoms with van der Waals surface area (Å²) < 4.78 is 12.6. The molecule has 0 bridgehead atoms. The van der Waals surface area contributed by atoms with Crippen LogP contribution in [-0.2, 0) is 0 Å². The molecule has 0 aromatic carbocycles. The smallest absolute Gasteiger partial charge is 0.310 e. The Kier molecular flexibility index (Phi) is 4.32. The Labute approximate surface area is 87.0 Å². The van der Waals surface area contributed by atoms with Gasteiger partial charge in [-0.15, -0.1) is 0 Å². The van der Waals surface area contributed by atoms with E-state index in [2.05, 4.69) is 15.3 Å². The summed E-state index contributed by atoms with van der Waals surface area (Å²) >= 11 is 5.73. The Morgan fingerprint density at radius 1 is 1.57 bits per heavy atom. The zero-order valence-corrected chi connectivity index (χ0v) is 8.55. The molecule has 0 saturated carbocycles. The van der Waals surface area contributed by atoms with Crippen molar-refractivity contribution in [2.75, 3.05) is 11.9 Å². The second-order valence-electron chi connectivity index (χ2n) is 2.60. The molecule has 0 aliphatic rings. The summed E-state index contributed by atoms with van der Waals surface area (Å²) in [6.45, 7) is 2.61. The van der Waals surface area contributed by atoms with E-state index in [9.17, 15) is 4.39 Å². The Bertz CT molecular complexity index is 328. The molecule has 0 unspecified atom stereocenters. The lowest BCUT2D eigenvalue weighted by atomic mass is 10.4. The average Bonchev–Trinajstić information content (AvgIpc) is 2.18. The third-order valence-corrected chi connectivity index (χ3v) is 1.78. The minimum Gasteiger partial charge on any atom is -0.365 e. The number of hydrogen-bond acceptors (Lipinski definition) is 3. The van der Waals surface area contributed by atoms with Crippen molar-refractivity contribution < 1.29 is 4.39 Å². The molecule has 0 amide bonds. The Morgan fingerprint density at radius 3 is 3.07 bits per heavy atom. The van der Waals surface area contributed by atoms with Gasteiger partial charge in [-0.2, -0.15) is 9.37 Å². The van der Waals surface area contributed by atoms with E-state index in [-0.39, 0.29) is 0 Å². The van der Waals surface area contributed by atoms with Crippen molar-refractivity contribution in [3.63, 3.8) is 0 Å². The molecule has 1 aromatic heterocycles. The quantitative estimate of drug-likeness (QED) is 0.620. The molecule has 3 nitrogen and oxygen atoms in total. The van der Waals surface area contributed by atoms with Gasteiger partial charge in [-0.3, -0.25) is 0 Å². The molecule has 1 aromatic rings. The highest BCUT2D eigenvalue weighted by molar-refractivity contribution is 6.32. The van der Waals surface area contributed by atoms with Crippen LogP contribution in [0.3, 0.4) is 0 Å². The number of allylic oxidation sites excluding steroid dienone is 1. The summed E-state index contributed by atoms with van der Waals surface area (Å²) in [6, 6.07) is 0. The summed E-state index contributed by atoms with van der Waals surface area (Å²) in [5.74, 6) is 0.319. The predicted octanol–water partition coefficient (Wildman–Crippen LogP) is 2.65. The van der Waals surface area contributed by atoms with Crippen LogP contribution in [0.4, 0.5) is 10.2 Å². The van der Waals surface area contributed by atoms with Crippen LogP contribution in [0.25, 0.3) is 0 Å². The molecule has 76 valence electrons. The van der Waals surface area contributed by atoms with Crippen LogP contribution in [0, 0.1) is 6.08 Å². The minimum atomic E-state index is -0.781. The third kappa shape index (κ3) is 3.30. The normalized spacial score (nSPS) is 10.8. The van der Waals surface area contributed by atoms with Gasteiger partial charge in [-0.1, -0.05) is 30.7 Å². The predicted molar refractivity (Wildman–Crippen MR) is 54.9 cm³/mol. The van der Waals surface area contributed by atoms with E-state index >= 15 is 0 Å². The van der Waals surface area contributed by atoms with Gasteiger partial charge in [-0.25, -0.2) is 4.98 Å². The topological polar surface area (TPSA) is 37.8 Å². The Hall–Kier alpha value is -1.16. The molecule has 1 N–H and O–H groups in total. The van der Waals surface area contributed by atoms with E-state index in [4.69, 9.17) is 11.6 Å². The minimum absolute atomic E-state index is 0.316. The summed E-state index contributed by atoms with van der Waals surface area (Å²) in [6.07, 6.45) is 5.34. The van der Waals surface area contributed by atoms with Crippen molar-refractivity contribution in [2.45, 2.75) is 13.3 Å². The van der Waals surface area contributed by atoms with E-state index in [0.717, 1.165) is 6.42 Å². The number of aromatic nitrogens is 2. The summed E-state index contributed by atoms with van der Waals surface area (Å²) in [4.78, 5) is 6.83. The van der Waals surface area contributed by atoms with Crippen molar-refractivity contribution in [2.24, 2.45) is 0 Å². The highest BCUT2D eigenvalue weighted by Crippen LogP contribution is 2.16. The maximum atomic E-state index is 12.6. The number of nitrogens with zero attached hydrogens (tertiary/aromatic N) is 2. The molecule has 0 radical (unpaired) electrons. The Morgan fingerprint density at radius 2 is 2.36 bits per heavy atom. The molecular formula is C9H11ClFN3. The first-order valence-electron chi connectivity index (χ1n) is 4.31. The van der Waals surface area contributed by atoms with Gasteiger partial charge in [-0.05, 0) is 6.42 Å². The maximum Gasteiger partial charge on any atom is 0.310 e.